The first-order chi connectivity index (χ1) is 11.4. The van der Waals surface area contributed by atoms with Crippen molar-refractivity contribution in [2.75, 3.05) is 6.61 Å². The first-order valence-electron chi connectivity index (χ1n) is 7.35. The number of nitrogens with zero attached hydrogens (tertiary/aromatic N) is 5. The molecule has 0 aromatic carbocycles. The number of ether oxygens (including phenoxy) is 1. The second kappa shape index (κ2) is 5.73. The van der Waals surface area contributed by atoms with E-state index >= 15 is 0 Å². The lowest BCUT2D eigenvalue weighted by Gasteiger charge is -2.30. The molecule has 2 bridgehead atoms. The van der Waals surface area contributed by atoms with Gasteiger partial charge < -0.3 is 4.74 Å². The van der Waals surface area contributed by atoms with Crippen molar-refractivity contribution in [3.8, 4) is 24.3 Å². The van der Waals surface area contributed by atoms with Gasteiger partial charge in [-0.25, -0.2) is 4.79 Å². The number of carbonyl (C=O) groups is 1. The molecule has 1 saturated heterocycles. The van der Waals surface area contributed by atoms with Gasteiger partial charge in [-0.05, 0) is 31.9 Å². The van der Waals surface area contributed by atoms with Crippen molar-refractivity contribution < 1.29 is 9.53 Å². The van der Waals surface area contributed by atoms with E-state index in [1.165, 1.54) is 4.90 Å². The molecule has 0 N–H and O–H groups in total. The lowest BCUT2D eigenvalue weighted by molar-refractivity contribution is 0.0934. The highest BCUT2D eigenvalue weighted by Gasteiger charge is 2.74. The van der Waals surface area contributed by atoms with Gasteiger partial charge in [-0.2, -0.15) is 21.0 Å². The Bertz CT molecular complexity index is 724. The molecule has 0 radical (unpaired) electrons. The molecule has 2 aliphatic heterocycles. The summed E-state index contributed by atoms with van der Waals surface area (Å²) in [7, 11) is 0. The zero-order valence-electron chi connectivity index (χ0n) is 13.6. The van der Waals surface area contributed by atoms with Crippen LogP contribution in [0.1, 0.15) is 20.8 Å². The highest BCUT2D eigenvalue weighted by Crippen LogP contribution is 2.58. The average molecular weight is 321 g/mol. The van der Waals surface area contributed by atoms with E-state index in [2.05, 4.69) is 0 Å². The van der Waals surface area contributed by atoms with Crippen LogP contribution in [0.15, 0.2) is 23.3 Å². The summed E-state index contributed by atoms with van der Waals surface area (Å²) in [6, 6.07) is 5.42. The second-order valence-electron chi connectivity index (χ2n) is 5.80. The Hall–Kier alpha value is -3.29. The van der Waals surface area contributed by atoms with E-state index in [1.54, 1.807) is 32.9 Å². The van der Waals surface area contributed by atoms with Crippen LogP contribution in [0.4, 0.5) is 4.79 Å². The lowest BCUT2D eigenvalue weighted by Crippen LogP contribution is -2.45. The number of allylic oxidation sites excluding steroid dienone is 2. The molecule has 0 aromatic heterocycles. The van der Waals surface area contributed by atoms with Crippen LogP contribution in [0.2, 0.25) is 0 Å². The van der Waals surface area contributed by atoms with Crippen molar-refractivity contribution in [3.05, 3.63) is 23.3 Å². The van der Waals surface area contributed by atoms with Crippen LogP contribution in [-0.2, 0) is 4.74 Å². The molecular weight excluding hydrogens is 306 g/mol. The zero-order chi connectivity index (χ0) is 18.1. The highest BCUT2D eigenvalue weighted by atomic mass is 16.6. The molecule has 2 rings (SSSR count). The van der Waals surface area contributed by atoms with E-state index in [1.807, 2.05) is 24.3 Å². The molecule has 0 saturated carbocycles. The number of hydrogen-bond acceptors (Lipinski definition) is 6. The van der Waals surface area contributed by atoms with E-state index < -0.39 is 29.0 Å². The molecule has 0 aliphatic carbocycles. The van der Waals surface area contributed by atoms with Crippen LogP contribution in [0.25, 0.3) is 0 Å². The maximum Gasteiger partial charge on any atom is 0.410 e. The van der Waals surface area contributed by atoms with Gasteiger partial charge in [0.1, 0.15) is 0 Å². The van der Waals surface area contributed by atoms with E-state index in [-0.39, 0.29) is 6.61 Å². The Morgan fingerprint density at radius 2 is 1.42 bits per heavy atom. The van der Waals surface area contributed by atoms with Crippen LogP contribution in [0, 0.1) is 56.2 Å². The molecule has 1 fully saturated rings. The topological polar surface area (TPSA) is 125 Å². The molecule has 2 aliphatic rings. The lowest BCUT2D eigenvalue weighted by atomic mass is 9.60. The zero-order valence-corrected chi connectivity index (χ0v) is 13.6. The molecule has 24 heavy (non-hydrogen) atoms. The molecule has 0 spiro atoms. The van der Waals surface area contributed by atoms with Crippen molar-refractivity contribution in [2.24, 2.45) is 10.8 Å². The third kappa shape index (κ3) is 1.76. The molecule has 1 amide bonds. The van der Waals surface area contributed by atoms with Crippen LogP contribution in [0.5, 0.6) is 0 Å². The van der Waals surface area contributed by atoms with Gasteiger partial charge >= 0.3 is 6.09 Å². The molecule has 2 unspecified atom stereocenters. The van der Waals surface area contributed by atoms with Gasteiger partial charge in [0.25, 0.3) is 0 Å². The number of hydrogen-bond donors (Lipinski definition) is 0. The average Bonchev–Trinajstić information content (AvgIpc) is 2.78. The quantitative estimate of drug-likeness (QED) is 0.728. The van der Waals surface area contributed by atoms with Crippen molar-refractivity contribution in [3.63, 3.8) is 0 Å². The summed E-state index contributed by atoms with van der Waals surface area (Å²) < 4.78 is 5.07. The monoisotopic (exact) mass is 321 g/mol. The van der Waals surface area contributed by atoms with Gasteiger partial charge in [-0.1, -0.05) is 12.2 Å². The fourth-order valence-corrected chi connectivity index (χ4v) is 3.62. The van der Waals surface area contributed by atoms with Crippen LogP contribution >= 0.6 is 0 Å². The Morgan fingerprint density at radius 1 is 1.04 bits per heavy atom. The third-order valence-electron chi connectivity index (χ3n) is 4.65. The second-order valence-corrected chi connectivity index (χ2v) is 5.80. The van der Waals surface area contributed by atoms with E-state index in [0.29, 0.717) is 11.1 Å². The highest BCUT2D eigenvalue weighted by molar-refractivity contribution is 5.74. The summed E-state index contributed by atoms with van der Waals surface area (Å²) in [5.74, 6) is 0. The maximum atomic E-state index is 12.6. The molecule has 2 atom stereocenters. The standard InChI is InChI=1S/C17H15N5O2/c1-4-24-15(23)22-13-11(2)5-6-12(3)14(22)17(9-20,10-21)16(13,7-18)8-19/h5-6,13-14H,4H2,1-3H3. The van der Waals surface area contributed by atoms with E-state index in [0.717, 1.165) is 0 Å². The number of carbonyl (C=O) groups excluding carboxylic acids is 1. The number of rotatable bonds is 1. The summed E-state index contributed by atoms with van der Waals surface area (Å²) in [4.78, 5) is 13.8. The minimum absolute atomic E-state index is 0.0957. The fraction of sp³-hybridized carbons (Fsp3) is 0.471. The largest absolute Gasteiger partial charge is 0.450 e. The van der Waals surface area contributed by atoms with Crippen molar-refractivity contribution in [1.29, 1.82) is 21.0 Å². The van der Waals surface area contributed by atoms with Gasteiger partial charge in [0.2, 0.25) is 10.8 Å². The number of amides is 1. The van der Waals surface area contributed by atoms with Gasteiger partial charge in [0.15, 0.2) is 0 Å². The fourth-order valence-electron chi connectivity index (χ4n) is 3.62. The van der Waals surface area contributed by atoms with Crippen molar-refractivity contribution >= 4 is 6.09 Å². The maximum absolute atomic E-state index is 12.6. The molecule has 120 valence electrons. The summed E-state index contributed by atoms with van der Waals surface area (Å²) in [5.41, 5.74) is -2.94. The molecule has 7 nitrogen and oxygen atoms in total. The normalized spacial score (nSPS) is 25.7. The van der Waals surface area contributed by atoms with Gasteiger partial charge in [-0.3, -0.25) is 4.90 Å². The molecular formula is C17H15N5O2. The van der Waals surface area contributed by atoms with E-state index in [9.17, 15) is 25.8 Å². The predicted octanol–water partition coefficient (Wildman–Crippen LogP) is 2.17. The summed E-state index contributed by atoms with van der Waals surface area (Å²) in [6.07, 6.45) is 2.65. The summed E-state index contributed by atoms with van der Waals surface area (Å²) in [6.45, 7) is 5.06. The minimum Gasteiger partial charge on any atom is -0.450 e. The SMILES string of the molecule is CCOC(=O)N1C2C(C)=CC=C(C)C1C(C#N)(C#N)C2(C#N)C#N. The molecule has 2 heterocycles. The summed E-state index contributed by atoms with van der Waals surface area (Å²) in [5, 5.41) is 39.1. The molecule has 7 heteroatoms. The first-order valence-corrected chi connectivity index (χ1v) is 7.35. The third-order valence-corrected chi connectivity index (χ3v) is 4.65. The smallest absolute Gasteiger partial charge is 0.410 e. The Labute approximate surface area is 140 Å². The minimum atomic E-state index is -2.01. The van der Waals surface area contributed by atoms with E-state index in [4.69, 9.17) is 4.74 Å². The van der Waals surface area contributed by atoms with Crippen LogP contribution in [-0.4, -0.2) is 29.7 Å². The van der Waals surface area contributed by atoms with Gasteiger partial charge in [0.05, 0.1) is 43.0 Å². The number of fused-ring (bicyclic) bond motifs is 2. The van der Waals surface area contributed by atoms with Gasteiger partial charge in [0, 0.05) is 0 Å². The first kappa shape index (κ1) is 17.1. The van der Waals surface area contributed by atoms with Crippen molar-refractivity contribution in [1.82, 2.24) is 4.90 Å². The Morgan fingerprint density at radius 3 is 1.71 bits per heavy atom. The Balaban J connectivity index is 2.91. The van der Waals surface area contributed by atoms with Crippen LogP contribution in [0.3, 0.4) is 0 Å². The van der Waals surface area contributed by atoms with Gasteiger partial charge in [-0.15, -0.1) is 0 Å². The Kier molecular flexibility index (Phi) is 4.07. The molecule has 0 aromatic rings. The van der Waals surface area contributed by atoms with Crippen molar-refractivity contribution in [2.45, 2.75) is 32.9 Å². The summed E-state index contributed by atoms with van der Waals surface area (Å²) >= 11 is 0. The van der Waals surface area contributed by atoms with Crippen LogP contribution < -0.4 is 0 Å². The predicted molar refractivity (Wildman–Crippen MR) is 81.3 cm³/mol. The number of nitriles is 4.